The molecule has 1 fully saturated rings. The van der Waals surface area contributed by atoms with Crippen LogP contribution in [0.25, 0.3) is 0 Å². The smallest absolute Gasteiger partial charge is 0.312 e. The van der Waals surface area contributed by atoms with Crippen molar-refractivity contribution >= 4 is 23.3 Å². The average Bonchev–Trinajstić information content (AvgIpc) is 2.73. The molecule has 7 nitrogen and oxygen atoms in total. The highest BCUT2D eigenvalue weighted by atomic mass is 16.2. The van der Waals surface area contributed by atoms with Gasteiger partial charge in [-0.3, -0.25) is 9.59 Å². The van der Waals surface area contributed by atoms with Crippen molar-refractivity contribution in [2.24, 2.45) is 0 Å². The zero-order chi connectivity index (χ0) is 19.5. The number of carbonyl (C=O) groups excluding carboxylic acids is 2. The average molecular weight is 379 g/mol. The number of anilines is 2. The fourth-order valence-electron chi connectivity index (χ4n) is 3.98. The first-order valence-corrected chi connectivity index (χ1v) is 9.73. The molecule has 0 bridgehead atoms. The normalized spacial score (nSPS) is 19.1. The first-order valence-electron chi connectivity index (χ1n) is 9.73. The summed E-state index contributed by atoms with van der Waals surface area (Å²) in [7, 11) is 0. The summed E-state index contributed by atoms with van der Waals surface area (Å²) in [6.45, 7) is 2.54. The summed E-state index contributed by atoms with van der Waals surface area (Å²) in [6.07, 6.45) is 4.32. The number of benzene rings is 1. The van der Waals surface area contributed by atoms with E-state index in [0.717, 1.165) is 37.2 Å². The van der Waals surface area contributed by atoms with E-state index in [1.54, 1.807) is 11.1 Å². The standard InChI is InChI=1S/C21H25N5O2/c22-17-7-6-15-8-11-26(13-16(15)12-17)21(28)20(27)24-18-4-3-10-25(14-18)19-5-1-2-9-23-19/h1-2,5-7,9,12,18H,3-4,8,10-11,13-14,22H2,(H,24,27). The zero-order valence-corrected chi connectivity index (χ0v) is 15.8. The van der Waals surface area contributed by atoms with Crippen LogP contribution < -0.4 is 16.0 Å². The fourth-order valence-corrected chi connectivity index (χ4v) is 3.98. The van der Waals surface area contributed by atoms with Gasteiger partial charge >= 0.3 is 11.8 Å². The largest absolute Gasteiger partial charge is 0.399 e. The minimum absolute atomic E-state index is 0.0556. The lowest BCUT2D eigenvalue weighted by Gasteiger charge is -2.34. The highest BCUT2D eigenvalue weighted by molar-refractivity contribution is 6.35. The van der Waals surface area contributed by atoms with Crippen LogP contribution in [0.4, 0.5) is 11.5 Å². The molecule has 0 radical (unpaired) electrons. The van der Waals surface area contributed by atoms with E-state index in [0.29, 0.717) is 25.3 Å². The van der Waals surface area contributed by atoms with Crippen molar-refractivity contribution in [2.75, 3.05) is 30.3 Å². The lowest BCUT2D eigenvalue weighted by Crippen LogP contribution is -2.52. The van der Waals surface area contributed by atoms with E-state index >= 15 is 0 Å². The summed E-state index contributed by atoms with van der Waals surface area (Å²) in [5.41, 5.74) is 8.74. The van der Waals surface area contributed by atoms with E-state index in [9.17, 15) is 9.59 Å². The third-order valence-corrected chi connectivity index (χ3v) is 5.45. The van der Waals surface area contributed by atoms with Crippen LogP contribution in [-0.4, -0.2) is 47.4 Å². The van der Waals surface area contributed by atoms with Crippen LogP contribution in [0.2, 0.25) is 0 Å². The molecule has 1 unspecified atom stereocenters. The van der Waals surface area contributed by atoms with Crippen molar-refractivity contribution in [3.05, 3.63) is 53.7 Å². The van der Waals surface area contributed by atoms with Crippen LogP contribution in [-0.2, 0) is 22.6 Å². The maximum atomic E-state index is 12.7. The topological polar surface area (TPSA) is 91.6 Å². The molecule has 1 saturated heterocycles. The van der Waals surface area contributed by atoms with Gasteiger partial charge in [-0.1, -0.05) is 12.1 Å². The SMILES string of the molecule is Nc1ccc2c(c1)CN(C(=O)C(=O)NC1CCCN(c3ccccn3)C1)CC2. The number of fused-ring (bicyclic) bond motifs is 1. The minimum Gasteiger partial charge on any atom is -0.399 e. The van der Waals surface area contributed by atoms with Gasteiger partial charge in [0.15, 0.2) is 0 Å². The number of carbonyl (C=O) groups is 2. The fraction of sp³-hybridized carbons (Fsp3) is 0.381. The van der Waals surface area contributed by atoms with E-state index in [4.69, 9.17) is 5.73 Å². The molecule has 2 aromatic rings. The minimum atomic E-state index is -0.528. The molecule has 3 N–H and O–H groups in total. The van der Waals surface area contributed by atoms with Crippen LogP contribution >= 0.6 is 0 Å². The number of piperidine rings is 1. The number of aromatic nitrogens is 1. The second-order valence-electron chi connectivity index (χ2n) is 7.45. The lowest BCUT2D eigenvalue weighted by molar-refractivity contribution is -0.146. The van der Waals surface area contributed by atoms with E-state index < -0.39 is 11.8 Å². The summed E-state index contributed by atoms with van der Waals surface area (Å²) in [4.78, 5) is 33.4. The Morgan fingerprint density at radius 1 is 1.14 bits per heavy atom. The van der Waals surface area contributed by atoms with Crippen molar-refractivity contribution in [1.82, 2.24) is 15.2 Å². The number of amides is 2. The molecule has 1 aromatic carbocycles. The van der Waals surface area contributed by atoms with Gasteiger partial charge in [-0.15, -0.1) is 0 Å². The molecule has 2 aliphatic rings. The van der Waals surface area contributed by atoms with Gasteiger partial charge in [-0.05, 0) is 54.7 Å². The number of nitrogens with one attached hydrogen (secondary N) is 1. The molecule has 7 heteroatoms. The Bertz CT molecular complexity index is 870. The Morgan fingerprint density at radius 3 is 2.86 bits per heavy atom. The number of nitrogens with zero attached hydrogens (tertiary/aromatic N) is 3. The number of rotatable bonds is 2. The number of hydrogen-bond acceptors (Lipinski definition) is 5. The van der Waals surface area contributed by atoms with Crippen LogP contribution in [0.5, 0.6) is 0 Å². The molecule has 2 aliphatic heterocycles. The number of nitrogen functional groups attached to an aromatic ring is 1. The Kier molecular flexibility index (Phi) is 5.14. The van der Waals surface area contributed by atoms with Crippen molar-refractivity contribution in [2.45, 2.75) is 31.8 Å². The van der Waals surface area contributed by atoms with E-state index in [1.165, 1.54) is 5.56 Å². The molecule has 4 rings (SSSR count). The van der Waals surface area contributed by atoms with Crippen LogP contribution in [0.15, 0.2) is 42.6 Å². The molecule has 0 spiro atoms. The molecule has 0 aliphatic carbocycles. The first kappa shape index (κ1) is 18.3. The molecule has 3 heterocycles. The molecule has 1 atom stereocenters. The molecule has 146 valence electrons. The number of pyridine rings is 1. The maximum absolute atomic E-state index is 12.7. The van der Waals surface area contributed by atoms with Gasteiger partial charge in [0.2, 0.25) is 0 Å². The third-order valence-electron chi connectivity index (χ3n) is 5.45. The first-order chi connectivity index (χ1) is 13.6. The van der Waals surface area contributed by atoms with Crippen molar-refractivity contribution in [3.8, 4) is 0 Å². The zero-order valence-electron chi connectivity index (χ0n) is 15.8. The van der Waals surface area contributed by atoms with E-state index in [-0.39, 0.29) is 6.04 Å². The number of hydrogen-bond donors (Lipinski definition) is 2. The van der Waals surface area contributed by atoms with Gasteiger partial charge in [0.05, 0.1) is 0 Å². The van der Waals surface area contributed by atoms with Crippen LogP contribution in [0, 0.1) is 0 Å². The predicted octanol–water partition coefficient (Wildman–Crippen LogP) is 1.33. The second-order valence-corrected chi connectivity index (χ2v) is 7.45. The van der Waals surface area contributed by atoms with E-state index in [2.05, 4.69) is 15.2 Å². The molecule has 0 saturated carbocycles. The van der Waals surface area contributed by atoms with Crippen molar-refractivity contribution in [3.63, 3.8) is 0 Å². The maximum Gasteiger partial charge on any atom is 0.312 e. The molecule has 1 aromatic heterocycles. The Balaban J connectivity index is 1.36. The summed E-state index contributed by atoms with van der Waals surface area (Å²) in [6, 6.07) is 11.5. The Morgan fingerprint density at radius 2 is 2.04 bits per heavy atom. The molecular formula is C21H25N5O2. The quantitative estimate of drug-likeness (QED) is 0.607. The molecular weight excluding hydrogens is 354 g/mol. The number of nitrogens with two attached hydrogens (primary N) is 1. The van der Waals surface area contributed by atoms with Crippen molar-refractivity contribution < 1.29 is 9.59 Å². The van der Waals surface area contributed by atoms with E-state index in [1.807, 2.05) is 36.4 Å². The van der Waals surface area contributed by atoms with Gasteiger partial charge in [0.25, 0.3) is 0 Å². The predicted molar refractivity (Wildman–Crippen MR) is 108 cm³/mol. The summed E-state index contributed by atoms with van der Waals surface area (Å²) in [5, 5.41) is 2.93. The van der Waals surface area contributed by atoms with Gasteiger partial charge in [0.1, 0.15) is 5.82 Å². The van der Waals surface area contributed by atoms with Crippen LogP contribution in [0.3, 0.4) is 0 Å². The Hall–Kier alpha value is -3.09. The molecule has 28 heavy (non-hydrogen) atoms. The third kappa shape index (κ3) is 3.93. The summed E-state index contributed by atoms with van der Waals surface area (Å²) in [5.74, 6) is -0.0961. The summed E-state index contributed by atoms with van der Waals surface area (Å²) < 4.78 is 0. The van der Waals surface area contributed by atoms with Crippen molar-refractivity contribution in [1.29, 1.82) is 0 Å². The van der Waals surface area contributed by atoms with Gasteiger partial charge < -0.3 is 20.9 Å². The lowest BCUT2D eigenvalue weighted by atomic mass is 9.99. The highest BCUT2D eigenvalue weighted by Gasteiger charge is 2.29. The molecule has 2 amide bonds. The highest BCUT2D eigenvalue weighted by Crippen LogP contribution is 2.22. The van der Waals surface area contributed by atoms with Gasteiger partial charge in [-0.25, -0.2) is 4.98 Å². The Labute approximate surface area is 164 Å². The van der Waals surface area contributed by atoms with Gasteiger partial charge in [0, 0.05) is 44.1 Å². The van der Waals surface area contributed by atoms with Gasteiger partial charge in [-0.2, -0.15) is 0 Å². The summed E-state index contributed by atoms with van der Waals surface area (Å²) >= 11 is 0. The second kappa shape index (κ2) is 7.88. The monoisotopic (exact) mass is 379 g/mol. The van der Waals surface area contributed by atoms with Crippen LogP contribution in [0.1, 0.15) is 24.0 Å².